The molecule has 1 atom stereocenters. The molecule has 2 heterocycles. The van der Waals surface area contributed by atoms with E-state index < -0.39 is 0 Å². The van der Waals surface area contributed by atoms with Gasteiger partial charge in [-0.2, -0.15) is 4.98 Å². The van der Waals surface area contributed by atoms with Crippen molar-refractivity contribution in [3.05, 3.63) is 36.0 Å². The maximum atomic E-state index is 5.47. The number of aromatic nitrogens is 2. The van der Waals surface area contributed by atoms with Crippen LogP contribution in [0, 0.1) is 6.92 Å². The minimum atomic E-state index is 0. The molecule has 0 spiro atoms. The molecule has 1 fully saturated rings. The molecular weight excluding hydrogens is 459 g/mol. The molecule has 1 aliphatic heterocycles. The van der Waals surface area contributed by atoms with Gasteiger partial charge < -0.3 is 24.8 Å². The second-order valence-corrected chi connectivity index (χ2v) is 6.23. The van der Waals surface area contributed by atoms with Gasteiger partial charge in [-0.1, -0.05) is 17.3 Å². The average Bonchev–Trinajstić information content (AvgIpc) is 3.29. The number of nitrogens with zero attached hydrogens (tertiary/aromatic N) is 4. The Kier molecular flexibility index (Phi) is 8.14. The number of benzene rings is 1. The summed E-state index contributed by atoms with van der Waals surface area (Å²) in [6.07, 6.45) is 1.71. The number of para-hydroxylation sites is 2. The SMILES string of the molecule is CN=C(NCCc1nc(C)no1)NC1CCN(c2ccccc2OC)C1.I. The van der Waals surface area contributed by atoms with E-state index >= 15 is 0 Å². The van der Waals surface area contributed by atoms with Crippen molar-refractivity contribution in [2.24, 2.45) is 4.99 Å². The lowest BCUT2D eigenvalue weighted by molar-refractivity contribution is 0.374. The van der Waals surface area contributed by atoms with Crippen LogP contribution in [0.25, 0.3) is 0 Å². The summed E-state index contributed by atoms with van der Waals surface area (Å²) in [5.74, 6) is 2.98. The van der Waals surface area contributed by atoms with Crippen molar-refractivity contribution in [1.82, 2.24) is 20.8 Å². The monoisotopic (exact) mass is 486 g/mol. The summed E-state index contributed by atoms with van der Waals surface area (Å²) in [6.45, 7) is 4.39. The Morgan fingerprint density at radius 1 is 1.41 bits per heavy atom. The van der Waals surface area contributed by atoms with Crippen molar-refractivity contribution in [1.29, 1.82) is 0 Å². The number of aliphatic imine (C=N–C) groups is 1. The minimum Gasteiger partial charge on any atom is -0.495 e. The van der Waals surface area contributed by atoms with Gasteiger partial charge in [0, 0.05) is 39.1 Å². The number of hydrogen-bond donors (Lipinski definition) is 2. The molecule has 2 aromatic rings. The molecule has 1 aromatic carbocycles. The normalized spacial score (nSPS) is 16.8. The average molecular weight is 486 g/mol. The first kappa shape index (κ1) is 21.3. The van der Waals surface area contributed by atoms with Crippen LogP contribution in [0.2, 0.25) is 0 Å². The molecule has 1 aromatic heterocycles. The first-order valence-corrected chi connectivity index (χ1v) is 8.84. The predicted molar refractivity (Wildman–Crippen MR) is 116 cm³/mol. The fraction of sp³-hybridized carbons (Fsp3) is 0.500. The third-order valence-corrected chi connectivity index (χ3v) is 4.38. The van der Waals surface area contributed by atoms with Crippen LogP contribution in [0.4, 0.5) is 5.69 Å². The number of aryl methyl sites for hydroxylation is 1. The molecule has 0 radical (unpaired) electrons. The second kappa shape index (κ2) is 10.3. The highest BCUT2D eigenvalue weighted by molar-refractivity contribution is 14.0. The topological polar surface area (TPSA) is 87.8 Å². The third kappa shape index (κ3) is 5.72. The lowest BCUT2D eigenvalue weighted by Gasteiger charge is -2.22. The number of anilines is 1. The van der Waals surface area contributed by atoms with Gasteiger partial charge in [-0.15, -0.1) is 24.0 Å². The molecule has 27 heavy (non-hydrogen) atoms. The van der Waals surface area contributed by atoms with Crippen LogP contribution in [-0.2, 0) is 6.42 Å². The van der Waals surface area contributed by atoms with Gasteiger partial charge in [0.2, 0.25) is 5.89 Å². The Balaban J connectivity index is 0.00000261. The van der Waals surface area contributed by atoms with E-state index in [0.29, 0.717) is 30.7 Å². The Morgan fingerprint density at radius 3 is 2.93 bits per heavy atom. The number of guanidine groups is 1. The molecule has 1 aliphatic rings. The van der Waals surface area contributed by atoms with Gasteiger partial charge in [-0.25, -0.2) is 0 Å². The van der Waals surface area contributed by atoms with E-state index in [1.54, 1.807) is 14.2 Å². The minimum absolute atomic E-state index is 0. The maximum Gasteiger partial charge on any atom is 0.228 e. The fourth-order valence-corrected chi connectivity index (χ4v) is 3.11. The summed E-state index contributed by atoms with van der Waals surface area (Å²) in [4.78, 5) is 10.8. The van der Waals surface area contributed by atoms with Gasteiger partial charge in [0.05, 0.1) is 12.8 Å². The number of ether oxygens (including phenoxy) is 1. The second-order valence-electron chi connectivity index (χ2n) is 6.23. The van der Waals surface area contributed by atoms with Gasteiger partial charge in [0.15, 0.2) is 11.8 Å². The summed E-state index contributed by atoms with van der Waals surface area (Å²) in [5, 5.41) is 10.6. The summed E-state index contributed by atoms with van der Waals surface area (Å²) in [5.41, 5.74) is 1.13. The zero-order chi connectivity index (χ0) is 18.4. The van der Waals surface area contributed by atoms with Crippen molar-refractivity contribution < 1.29 is 9.26 Å². The maximum absolute atomic E-state index is 5.47. The van der Waals surface area contributed by atoms with E-state index in [2.05, 4.69) is 36.7 Å². The molecule has 9 heteroatoms. The lowest BCUT2D eigenvalue weighted by atomic mass is 10.2. The number of halogens is 1. The zero-order valence-electron chi connectivity index (χ0n) is 15.9. The van der Waals surface area contributed by atoms with Crippen LogP contribution in [0.1, 0.15) is 18.1 Å². The van der Waals surface area contributed by atoms with E-state index in [1.807, 2.05) is 25.1 Å². The molecule has 1 unspecified atom stereocenters. The molecule has 2 N–H and O–H groups in total. The van der Waals surface area contributed by atoms with Gasteiger partial charge in [-0.05, 0) is 25.5 Å². The molecule has 0 amide bonds. The number of nitrogens with one attached hydrogen (secondary N) is 2. The van der Waals surface area contributed by atoms with Crippen LogP contribution >= 0.6 is 24.0 Å². The van der Waals surface area contributed by atoms with Crippen LogP contribution in [0.3, 0.4) is 0 Å². The quantitative estimate of drug-likeness (QED) is 0.367. The lowest BCUT2D eigenvalue weighted by Crippen LogP contribution is -2.45. The van der Waals surface area contributed by atoms with Crippen molar-refractivity contribution >= 4 is 35.6 Å². The first-order valence-electron chi connectivity index (χ1n) is 8.84. The van der Waals surface area contributed by atoms with Gasteiger partial charge in [-0.3, -0.25) is 4.99 Å². The smallest absolute Gasteiger partial charge is 0.228 e. The Bertz CT molecular complexity index is 751. The highest BCUT2D eigenvalue weighted by Crippen LogP contribution is 2.30. The molecule has 1 saturated heterocycles. The highest BCUT2D eigenvalue weighted by Gasteiger charge is 2.25. The Labute approximate surface area is 176 Å². The van der Waals surface area contributed by atoms with E-state index in [4.69, 9.17) is 9.26 Å². The van der Waals surface area contributed by atoms with Crippen LogP contribution < -0.4 is 20.3 Å². The largest absolute Gasteiger partial charge is 0.495 e. The van der Waals surface area contributed by atoms with Gasteiger partial charge >= 0.3 is 0 Å². The number of methoxy groups -OCH3 is 1. The Morgan fingerprint density at radius 2 is 2.22 bits per heavy atom. The summed E-state index contributed by atoms with van der Waals surface area (Å²) < 4.78 is 10.6. The number of rotatable bonds is 6. The molecule has 0 bridgehead atoms. The van der Waals surface area contributed by atoms with E-state index in [1.165, 1.54) is 0 Å². The molecular formula is C18H27IN6O2. The number of hydrogen-bond acceptors (Lipinski definition) is 6. The molecule has 0 aliphatic carbocycles. The van der Waals surface area contributed by atoms with E-state index in [-0.39, 0.29) is 24.0 Å². The van der Waals surface area contributed by atoms with Crippen molar-refractivity contribution in [3.63, 3.8) is 0 Å². The van der Waals surface area contributed by atoms with Crippen molar-refractivity contribution in [3.8, 4) is 5.75 Å². The predicted octanol–water partition coefficient (Wildman–Crippen LogP) is 1.99. The van der Waals surface area contributed by atoms with Gasteiger partial charge in [0.1, 0.15) is 5.75 Å². The van der Waals surface area contributed by atoms with Crippen LogP contribution in [-0.4, -0.2) is 55.9 Å². The van der Waals surface area contributed by atoms with E-state index in [0.717, 1.165) is 36.9 Å². The van der Waals surface area contributed by atoms with Crippen LogP contribution in [0.15, 0.2) is 33.8 Å². The first-order chi connectivity index (χ1) is 12.7. The van der Waals surface area contributed by atoms with Gasteiger partial charge in [0.25, 0.3) is 0 Å². The fourth-order valence-electron chi connectivity index (χ4n) is 3.11. The molecule has 3 rings (SSSR count). The van der Waals surface area contributed by atoms with Crippen molar-refractivity contribution in [2.45, 2.75) is 25.8 Å². The standard InChI is InChI=1S/C18H26N6O2.HI/c1-13-21-17(26-23-13)8-10-20-18(19-2)22-14-9-11-24(12-14)15-6-4-5-7-16(15)25-3;/h4-7,14H,8-12H2,1-3H3,(H2,19,20,22);1H. The third-order valence-electron chi connectivity index (χ3n) is 4.38. The molecule has 0 saturated carbocycles. The highest BCUT2D eigenvalue weighted by atomic mass is 127. The van der Waals surface area contributed by atoms with Crippen LogP contribution in [0.5, 0.6) is 5.75 Å². The summed E-state index contributed by atoms with van der Waals surface area (Å²) >= 11 is 0. The zero-order valence-corrected chi connectivity index (χ0v) is 18.3. The molecule has 148 valence electrons. The molecule has 8 nitrogen and oxygen atoms in total. The van der Waals surface area contributed by atoms with E-state index in [9.17, 15) is 0 Å². The summed E-state index contributed by atoms with van der Waals surface area (Å²) in [7, 11) is 3.49. The van der Waals surface area contributed by atoms with Crippen molar-refractivity contribution in [2.75, 3.05) is 38.7 Å². The Hall–Kier alpha value is -2.04. The summed E-state index contributed by atoms with van der Waals surface area (Å²) in [6, 6.07) is 8.45.